The van der Waals surface area contributed by atoms with Crippen molar-refractivity contribution in [1.82, 2.24) is 4.98 Å². The Morgan fingerprint density at radius 3 is 2.48 bits per heavy atom. The summed E-state index contributed by atoms with van der Waals surface area (Å²) in [5.41, 5.74) is 1.94. The Balaban J connectivity index is 1.57. The van der Waals surface area contributed by atoms with Gasteiger partial charge in [0.2, 0.25) is 6.10 Å². The minimum Gasteiger partial charge on any atom is -0.476 e. The van der Waals surface area contributed by atoms with Crippen molar-refractivity contribution in [3.05, 3.63) is 76.8 Å². The molecular formula is C20H18N2O2S. The predicted molar refractivity (Wildman–Crippen MR) is 99.0 cm³/mol. The van der Waals surface area contributed by atoms with Crippen LogP contribution in [0.3, 0.4) is 0 Å². The summed E-state index contributed by atoms with van der Waals surface area (Å²) in [4.78, 5) is 18.7. The molecule has 0 saturated carbocycles. The standard InChI is InChI=1S/C20H18N2O2S/c23-19(22-20-21-16-12-7-13-17(16)25-20)18(14-8-3-1-4-9-14)24-15-10-5-2-6-11-15/h1-6,8-11,18H,7,12-13H2,(H,21,22,23)/t18-/m1/s1. The summed E-state index contributed by atoms with van der Waals surface area (Å²) in [6, 6.07) is 18.9. The normalized spacial score (nSPS) is 13.9. The van der Waals surface area contributed by atoms with Crippen molar-refractivity contribution in [2.45, 2.75) is 25.4 Å². The zero-order valence-electron chi connectivity index (χ0n) is 13.6. The minimum absolute atomic E-state index is 0.206. The van der Waals surface area contributed by atoms with Gasteiger partial charge in [-0.05, 0) is 31.4 Å². The first-order valence-corrected chi connectivity index (χ1v) is 9.17. The molecule has 5 heteroatoms. The van der Waals surface area contributed by atoms with Crippen molar-refractivity contribution < 1.29 is 9.53 Å². The maximum absolute atomic E-state index is 12.9. The number of carbonyl (C=O) groups excluding carboxylic acids is 1. The van der Waals surface area contributed by atoms with E-state index in [9.17, 15) is 4.79 Å². The molecule has 0 unspecified atom stereocenters. The van der Waals surface area contributed by atoms with Crippen LogP contribution in [0, 0.1) is 0 Å². The number of nitrogens with zero attached hydrogens (tertiary/aromatic N) is 1. The van der Waals surface area contributed by atoms with Crippen molar-refractivity contribution >= 4 is 22.4 Å². The van der Waals surface area contributed by atoms with Crippen LogP contribution in [-0.4, -0.2) is 10.9 Å². The molecule has 0 aliphatic heterocycles. The molecule has 0 radical (unpaired) electrons. The van der Waals surface area contributed by atoms with Gasteiger partial charge in [-0.25, -0.2) is 4.98 Å². The second kappa shape index (κ2) is 7.07. The molecule has 25 heavy (non-hydrogen) atoms. The molecule has 2 aromatic carbocycles. The maximum Gasteiger partial charge on any atom is 0.271 e. The summed E-state index contributed by atoms with van der Waals surface area (Å²) in [5.74, 6) is 0.454. The van der Waals surface area contributed by atoms with Gasteiger partial charge in [-0.2, -0.15) is 0 Å². The number of carbonyl (C=O) groups is 1. The van der Waals surface area contributed by atoms with Gasteiger partial charge in [0.05, 0.1) is 5.69 Å². The molecular weight excluding hydrogens is 332 g/mol. The molecule has 1 N–H and O–H groups in total. The fourth-order valence-corrected chi connectivity index (χ4v) is 4.00. The van der Waals surface area contributed by atoms with Crippen LogP contribution in [-0.2, 0) is 17.6 Å². The lowest BCUT2D eigenvalue weighted by Crippen LogP contribution is -2.25. The SMILES string of the molecule is O=C(Nc1nc2c(s1)CCC2)[C@H](Oc1ccccc1)c1ccccc1. The van der Waals surface area contributed by atoms with Crippen LogP contribution in [0.1, 0.15) is 28.7 Å². The molecule has 1 aliphatic rings. The lowest BCUT2D eigenvalue weighted by atomic mass is 10.1. The molecule has 3 aromatic rings. The maximum atomic E-state index is 12.9. The van der Waals surface area contributed by atoms with E-state index in [0.29, 0.717) is 10.9 Å². The molecule has 4 nitrogen and oxygen atoms in total. The zero-order chi connectivity index (χ0) is 17.1. The number of aryl methyl sites for hydroxylation is 2. The smallest absolute Gasteiger partial charge is 0.271 e. The number of hydrogen-bond acceptors (Lipinski definition) is 4. The number of para-hydroxylation sites is 1. The minimum atomic E-state index is -0.720. The van der Waals surface area contributed by atoms with E-state index in [1.165, 1.54) is 4.88 Å². The first-order valence-electron chi connectivity index (χ1n) is 8.36. The van der Waals surface area contributed by atoms with Gasteiger partial charge in [-0.15, -0.1) is 11.3 Å². The third kappa shape index (κ3) is 3.56. The Morgan fingerprint density at radius 2 is 1.76 bits per heavy atom. The van der Waals surface area contributed by atoms with Gasteiger partial charge < -0.3 is 4.74 Å². The Labute approximate surface area is 150 Å². The van der Waals surface area contributed by atoms with Crippen molar-refractivity contribution in [2.24, 2.45) is 0 Å². The third-order valence-electron chi connectivity index (χ3n) is 4.16. The van der Waals surface area contributed by atoms with Gasteiger partial charge in [0.25, 0.3) is 5.91 Å². The zero-order valence-corrected chi connectivity index (χ0v) is 14.5. The lowest BCUT2D eigenvalue weighted by Gasteiger charge is -2.18. The van der Waals surface area contributed by atoms with E-state index in [4.69, 9.17) is 4.74 Å². The van der Waals surface area contributed by atoms with Crippen molar-refractivity contribution in [2.75, 3.05) is 5.32 Å². The molecule has 1 aliphatic carbocycles. The number of aromatic nitrogens is 1. The van der Waals surface area contributed by atoms with E-state index < -0.39 is 6.10 Å². The highest BCUT2D eigenvalue weighted by Gasteiger charge is 2.25. The molecule has 1 atom stereocenters. The van der Waals surface area contributed by atoms with Gasteiger partial charge >= 0.3 is 0 Å². The summed E-state index contributed by atoms with van der Waals surface area (Å²) in [7, 11) is 0. The molecule has 1 heterocycles. The average molecular weight is 350 g/mol. The summed E-state index contributed by atoms with van der Waals surface area (Å²) in [6.45, 7) is 0. The number of benzene rings is 2. The lowest BCUT2D eigenvalue weighted by molar-refractivity contribution is -0.123. The first-order chi connectivity index (χ1) is 12.3. The van der Waals surface area contributed by atoms with E-state index >= 15 is 0 Å². The highest BCUT2D eigenvalue weighted by atomic mass is 32.1. The van der Waals surface area contributed by atoms with Gasteiger partial charge in [-0.1, -0.05) is 48.5 Å². The van der Waals surface area contributed by atoms with E-state index in [-0.39, 0.29) is 5.91 Å². The van der Waals surface area contributed by atoms with Crippen molar-refractivity contribution in [3.63, 3.8) is 0 Å². The molecule has 0 spiro atoms. The Bertz CT molecular complexity index is 840. The summed E-state index contributed by atoms with van der Waals surface area (Å²) in [6.07, 6.45) is 2.50. The first kappa shape index (κ1) is 15.8. The van der Waals surface area contributed by atoms with Gasteiger partial charge in [0.1, 0.15) is 5.75 Å². The van der Waals surface area contributed by atoms with Crippen LogP contribution in [0.5, 0.6) is 5.75 Å². The number of fused-ring (bicyclic) bond motifs is 1. The predicted octanol–water partition coefficient (Wildman–Crippen LogP) is 4.39. The van der Waals surface area contributed by atoms with Crippen LogP contribution in [0.25, 0.3) is 0 Å². The Morgan fingerprint density at radius 1 is 1.04 bits per heavy atom. The topological polar surface area (TPSA) is 51.2 Å². The van der Waals surface area contributed by atoms with Gasteiger partial charge in [0, 0.05) is 10.4 Å². The van der Waals surface area contributed by atoms with Crippen LogP contribution < -0.4 is 10.1 Å². The summed E-state index contributed by atoms with van der Waals surface area (Å²) < 4.78 is 5.98. The van der Waals surface area contributed by atoms with E-state index in [1.807, 2.05) is 60.7 Å². The number of ether oxygens (including phenoxy) is 1. The van der Waals surface area contributed by atoms with Crippen LogP contribution in [0.4, 0.5) is 5.13 Å². The number of amides is 1. The second-order valence-electron chi connectivity index (χ2n) is 5.95. The number of anilines is 1. The quantitative estimate of drug-likeness (QED) is 0.742. The average Bonchev–Trinajstić information content (AvgIpc) is 3.23. The molecule has 0 bridgehead atoms. The van der Waals surface area contributed by atoms with E-state index in [2.05, 4.69) is 10.3 Å². The van der Waals surface area contributed by atoms with E-state index in [1.54, 1.807) is 11.3 Å². The van der Waals surface area contributed by atoms with Crippen LogP contribution >= 0.6 is 11.3 Å². The fraction of sp³-hybridized carbons (Fsp3) is 0.200. The highest BCUT2D eigenvalue weighted by molar-refractivity contribution is 7.15. The van der Waals surface area contributed by atoms with Crippen LogP contribution in [0.15, 0.2) is 60.7 Å². The molecule has 4 rings (SSSR count). The Hall–Kier alpha value is -2.66. The number of rotatable bonds is 5. The largest absolute Gasteiger partial charge is 0.476 e. The summed E-state index contributed by atoms with van der Waals surface area (Å²) >= 11 is 1.57. The van der Waals surface area contributed by atoms with Gasteiger partial charge in [-0.3, -0.25) is 10.1 Å². The number of hydrogen-bond donors (Lipinski definition) is 1. The highest BCUT2D eigenvalue weighted by Crippen LogP contribution is 2.31. The van der Waals surface area contributed by atoms with Crippen LogP contribution in [0.2, 0.25) is 0 Å². The molecule has 126 valence electrons. The van der Waals surface area contributed by atoms with Crippen molar-refractivity contribution in [3.8, 4) is 5.75 Å². The molecule has 1 aromatic heterocycles. The fourth-order valence-electron chi connectivity index (χ4n) is 2.95. The molecule has 0 fully saturated rings. The second-order valence-corrected chi connectivity index (χ2v) is 7.04. The number of thiazole rings is 1. The molecule has 1 amide bonds. The Kier molecular flexibility index (Phi) is 4.48. The third-order valence-corrected chi connectivity index (χ3v) is 5.24. The van der Waals surface area contributed by atoms with Gasteiger partial charge in [0.15, 0.2) is 5.13 Å². The van der Waals surface area contributed by atoms with E-state index in [0.717, 1.165) is 30.5 Å². The summed E-state index contributed by atoms with van der Waals surface area (Å²) in [5, 5.41) is 3.59. The molecule has 0 saturated heterocycles. The number of nitrogens with one attached hydrogen (secondary N) is 1. The monoisotopic (exact) mass is 350 g/mol. The van der Waals surface area contributed by atoms with Crippen molar-refractivity contribution in [1.29, 1.82) is 0 Å².